The lowest BCUT2D eigenvalue weighted by molar-refractivity contribution is 0.0169. The van der Waals surface area contributed by atoms with Gasteiger partial charge in [0.1, 0.15) is 5.82 Å². The number of thioether (sulfide) groups is 1. The van der Waals surface area contributed by atoms with E-state index in [4.69, 9.17) is 9.73 Å². The van der Waals surface area contributed by atoms with Crippen LogP contribution in [0.15, 0.2) is 29.3 Å². The molecule has 164 valence electrons. The highest BCUT2D eigenvalue weighted by Gasteiger charge is 2.29. The van der Waals surface area contributed by atoms with Crippen LogP contribution in [0.4, 0.5) is 4.39 Å². The van der Waals surface area contributed by atoms with Gasteiger partial charge in [0, 0.05) is 30.9 Å². The van der Waals surface area contributed by atoms with Crippen molar-refractivity contribution in [2.45, 2.75) is 37.5 Å². The standard InChI is InChI=1S/C21H33FN4OS.HI/c1-3-23-20(25-16-21(2)8-5-13-28-21)24-15-19(26-9-11-27-12-10-26)17-6-4-7-18(22)14-17;/h4,6-7,14,19H,3,5,8-13,15-16H2,1-2H3,(H2,23,24,25);1H. The lowest BCUT2D eigenvalue weighted by Gasteiger charge is -2.35. The number of morpholine rings is 1. The third-order valence-corrected chi connectivity index (χ3v) is 6.92. The highest BCUT2D eigenvalue weighted by Crippen LogP contribution is 2.37. The zero-order chi connectivity index (χ0) is 19.8. The Morgan fingerprint density at radius 2 is 2.14 bits per heavy atom. The van der Waals surface area contributed by atoms with Crippen LogP contribution in [0.25, 0.3) is 0 Å². The van der Waals surface area contributed by atoms with Gasteiger partial charge >= 0.3 is 0 Å². The number of hydrogen-bond acceptors (Lipinski definition) is 4. The smallest absolute Gasteiger partial charge is 0.191 e. The average Bonchev–Trinajstić information content (AvgIpc) is 3.14. The van der Waals surface area contributed by atoms with E-state index in [0.29, 0.717) is 6.54 Å². The molecule has 2 fully saturated rings. The molecule has 8 heteroatoms. The number of nitrogens with one attached hydrogen (secondary N) is 2. The number of ether oxygens (including phenoxy) is 1. The predicted molar refractivity (Wildman–Crippen MR) is 131 cm³/mol. The first-order valence-corrected chi connectivity index (χ1v) is 11.3. The number of rotatable bonds is 7. The van der Waals surface area contributed by atoms with Crippen LogP contribution in [-0.4, -0.2) is 67.3 Å². The molecule has 5 nitrogen and oxygen atoms in total. The Morgan fingerprint density at radius 1 is 1.34 bits per heavy atom. The fourth-order valence-corrected chi connectivity index (χ4v) is 5.03. The highest BCUT2D eigenvalue weighted by atomic mass is 127. The Bertz CT molecular complexity index is 651. The first-order valence-electron chi connectivity index (χ1n) is 10.3. The van der Waals surface area contributed by atoms with E-state index in [9.17, 15) is 4.39 Å². The number of nitrogens with zero attached hydrogens (tertiary/aromatic N) is 2. The molecule has 3 rings (SSSR count). The Hall–Kier alpha value is -0.580. The molecule has 0 aromatic heterocycles. The predicted octanol–water partition coefficient (Wildman–Crippen LogP) is 3.66. The Morgan fingerprint density at radius 3 is 2.79 bits per heavy atom. The van der Waals surface area contributed by atoms with Crippen LogP contribution in [-0.2, 0) is 4.74 Å². The molecule has 0 saturated carbocycles. The fraction of sp³-hybridized carbons (Fsp3) is 0.667. The molecule has 0 radical (unpaired) electrons. The molecule has 2 heterocycles. The van der Waals surface area contributed by atoms with Gasteiger partial charge in [-0.05, 0) is 50.1 Å². The van der Waals surface area contributed by atoms with Gasteiger partial charge in [-0.2, -0.15) is 11.8 Å². The molecular weight excluding hydrogens is 502 g/mol. The van der Waals surface area contributed by atoms with Gasteiger partial charge in [0.25, 0.3) is 0 Å². The van der Waals surface area contributed by atoms with Crippen molar-refractivity contribution >= 4 is 41.7 Å². The molecule has 2 aliphatic heterocycles. The molecule has 0 aliphatic carbocycles. The molecular formula is C21H34FIN4OS. The number of guanidine groups is 1. The van der Waals surface area contributed by atoms with Gasteiger partial charge in [-0.3, -0.25) is 9.89 Å². The van der Waals surface area contributed by atoms with Crippen LogP contribution >= 0.6 is 35.7 Å². The van der Waals surface area contributed by atoms with Gasteiger partial charge < -0.3 is 15.4 Å². The van der Waals surface area contributed by atoms with Crippen molar-refractivity contribution in [2.24, 2.45) is 4.99 Å². The minimum Gasteiger partial charge on any atom is -0.379 e. The number of aliphatic imine (C=N–C) groups is 1. The van der Waals surface area contributed by atoms with E-state index in [2.05, 4.69) is 29.4 Å². The van der Waals surface area contributed by atoms with Crippen LogP contribution in [0.5, 0.6) is 0 Å². The van der Waals surface area contributed by atoms with Crippen molar-refractivity contribution < 1.29 is 9.13 Å². The summed E-state index contributed by atoms with van der Waals surface area (Å²) in [6.45, 7) is 9.84. The minimum atomic E-state index is -0.192. The van der Waals surface area contributed by atoms with Crippen LogP contribution in [0.1, 0.15) is 38.3 Å². The summed E-state index contributed by atoms with van der Waals surface area (Å²) in [5.74, 6) is 1.88. The molecule has 2 unspecified atom stereocenters. The van der Waals surface area contributed by atoms with Gasteiger partial charge in [0.05, 0.1) is 25.8 Å². The summed E-state index contributed by atoms with van der Waals surface area (Å²) in [4.78, 5) is 7.22. The zero-order valence-corrected chi connectivity index (χ0v) is 20.6. The summed E-state index contributed by atoms with van der Waals surface area (Å²) in [7, 11) is 0. The summed E-state index contributed by atoms with van der Waals surface area (Å²) in [5, 5.41) is 6.86. The minimum absolute atomic E-state index is 0. The lowest BCUT2D eigenvalue weighted by Crippen LogP contribution is -2.46. The zero-order valence-electron chi connectivity index (χ0n) is 17.5. The maximum atomic E-state index is 13.8. The number of hydrogen-bond donors (Lipinski definition) is 2. The van der Waals surface area contributed by atoms with Crippen LogP contribution in [0.3, 0.4) is 0 Å². The summed E-state index contributed by atoms with van der Waals surface area (Å²) in [6.07, 6.45) is 2.50. The van der Waals surface area contributed by atoms with Gasteiger partial charge in [0.15, 0.2) is 5.96 Å². The first kappa shape index (κ1) is 24.7. The maximum absolute atomic E-state index is 13.8. The van der Waals surface area contributed by atoms with E-state index in [1.807, 2.05) is 17.8 Å². The highest BCUT2D eigenvalue weighted by molar-refractivity contribution is 14.0. The number of halogens is 2. The van der Waals surface area contributed by atoms with Crippen LogP contribution < -0.4 is 10.6 Å². The normalized spacial score (nSPS) is 24.0. The second-order valence-electron chi connectivity index (χ2n) is 7.70. The van der Waals surface area contributed by atoms with Crippen LogP contribution in [0.2, 0.25) is 0 Å². The summed E-state index contributed by atoms with van der Waals surface area (Å²) >= 11 is 2.02. The molecule has 1 aromatic carbocycles. The average molecular weight is 536 g/mol. The van der Waals surface area contributed by atoms with Gasteiger partial charge in [-0.15, -0.1) is 24.0 Å². The van der Waals surface area contributed by atoms with Crippen molar-refractivity contribution in [1.29, 1.82) is 0 Å². The molecule has 1 aromatic rings. The van der Waals surface area contributed by atoms with Crippen LogP contribution in [0, 0.1) is 5.82 Å². The Kier molecular flexibility index (Phi) is 10.5. The molecule has 0 amide bonds. The second kappa shape index (κ2) is 12.3. The second-order valence-corrected chi connectivity index (χ2v) is 9.38. The van der Waals surface area contributed by atoms with E-state index >= 15 is 0 Å². The monoisotopic (exact) mass is 536 g/mol. The van der Waals surface area contributed by atoms with Crippen molar-refractivity contribution in [3.05, 3.63) is 35.6 Å². The lowest BCUT2D eigenvalue weighted by atomic mass is 10.0. The van der Waals surface area contributed by atoms with Gasteiger partial charge in [0.2, 0.25) is 0 Å². The van der Waals surface area contributed by atoms with Crippen molar-refractivity contribution in [3.63, 3.8) is 0 Å². The quantitative estimate of drug-likeness (QED) is 0.317. The Labute approximate surface area is 195 Å². The largest absolute Gasteiger partial charge is 0.379 e. The van der Waals surface area contributed by atoms with Crippen molar-refractivity contribution in [3.8, 4) is 0 Å². The van der Waals surface area contributed by atoms with Crippen molar-refractivity contribution in [1.82, 2.24) is 15.5 Å². The molecule has 2 N–H and O–H groups in total. The van der Waals surface area contributed by atoms with E-state index in [1.54, 1.807) is 12.1 Å². The third-order valence-electron chi connectivity index (χ3n) is 5.40. The van der Waals surface area contributed by atoms with Gasteiger partial charge in [-0.1, -0.05) is 12.1 Å². The summed E-state index contributed by atoms with van der Waals surface area (Å²) in [6, 6.07) is 7.02. The maximum Gasteiger partial charge on any atom is 0.191 e. The SMILES string of the molecule is CCNC(=NCC1(C)CCCS1)NCC(c1cccc(F)c1)N1CCOCC1.I. The molecule has 2 aliphatic rings. The number of benzene rings is 1. The molecule has 29 heavy (non-hydrogen) atoms. The van der Waals surface area contributed by atoms with E-state index < -0.39 is 0 Å². The first-order chi connectivity index (χ1) is 13.6. The van der Waals surface area contributed by atoms with E-state index in [1.165, 1.54) is 24.7 Å². The van der Waals surface area contributed by atoms with Crippen molar-refractivity contribution in [2.75, 3.05) is 51.7 Å². The molecule has 0 spiro atoms. The van der Waals surface area contributed by atoms with E-state index in [0.717, 1.165) is 50.9 Å². The van der Waals surface area contributed by atoms with Gasteiger partial charge in [-0.25, -0.2) is 4.39 Å². The Balaban J connectivity index is 0.00000300. The molecule has 2 atom stereocenters. The topological polar surface area (TPSA) is 48.9 Å². The molecule has 0 bridgehead atoms. The third kappa shape index (κ3) is 7.56. The van der Waals surface area contributed by atoms with E-state index in [-0.39, 0.29) is 40.6 Å². The molecule has 2 saturated heterocycles. The summed E-state index contributed by atoms with van der Waals surface area (Å²) in [5.41, 5.74) is 0.989. The fourth-order valence-electron chi connectivity index (χ4n) is 3.80. The summed E-state index contributed by atoms with van der Waals surface area (Å²) < 4.78 is 19.6.